The summed E-state index contributed by atoms with van der Waals surface area (Å²) < 4.78 is 0. The number of nitrogens with zero attached hydrogens (tertiary/aromatic N) is 6. The van der Waals surface area contributed by atoms with E-state index in [9.17, 15) is 0 Å². The third kappa shape index (κ3) is 4.49. The molecule has 5 rings (SSSR count). The van der Waals surface area contributed by atoms with Gasteiger partial charge in [0.15, 0.2) is 5.82 Å². The molecule has 0 saturated heterocycles. The van der Waals surface area contributed by atoms with E-state index in [4.69, 9.17) is 0 Å². The molecule has 4 aromatic heterocycles. The van der Waals surface area contributed by atoms with Crippen LogP contribution in [0, 0.1) is 6.92 Å². The number of aromatic amines is 1. The monoisotopic (exact) mass is 420 g/mol. The molecule has 0 aliphatic heterocycles. The van der Waals surface area contributed by atoms with Crippen molar-refractivity contribution in [2.45, 2.75) is 13.3 Å². The highest BCUT2D eigenvalue weighted by atomic mass is 15.1. The van der Waals surface area contributed by atoms with Crippen molar-refractivity contribution in [1.82, 2.24) is 35.1 Å². The minimum absolute atomic E-state index is 0.561. The fourth-order valence-corrected chi connectivity index (χ4v) is 3.31. The molecule has 8 heteroatoms. The Labute approximate surface area is 184 Å². The smallest absolute Gasteiger partial charge is 0.180 e. The van der Waals surface area contributed by atoms with Crippen LogP contribution in [0.25, 0.3) is 22.6 Å². The van der Waals surface area contributed by atoms with E-state index >= 15 is 0 Å². The summed E-state index contributed by atoms with van der Waals surface area (Å²) in [7, 11) is 0. The van der Waals surface area contributed by atoms with Crippen LogP contribution in [-0.2, 0) is 6.42 Å². The quantitative estimate of drug-likeness (QED) is 0.420. The standard InChI is InChI=1S/C24H20N8/c1-16-3-2-4-20(29-16)24-26-12-10-22(32-24)30-21-9-11-25-23(31-21)13-17-5-7-18(8-6-17)19-14-27-28-15-19/h2-12,14-15H,13H2,1H3,(H,27,28)(H,25,26,30,31,32). The van der Waals surface area contributed by atoms with Crippen LogP contribution in [0.5, 0.6) is 0 Å². The molecule has 0 radical (unpaired) electrons. The number of anilines is 2. The van der Waals surface area contributed by atoms with Crippen molar-refractivity contribution in [2.24, 2.45) is 0 Å². The maximum atomic E-state index is 4.64. The maximum Gasteiger partial charge on any atom is 0.180 e. The second kappa shape index (κ2) is 8.73. The Hall–Kier alpha value is -4.46. The van der Waals surface area contributed by atoms with Crippen LogP contribution in [0.3, 0.4) is 0 Å². The Morgan fingerprint density at radius 1 is 0.812 bits per heavy atom. The van der Waals surface area contributed by atoms with Gasteiger partial charge >= 0.3 is 0 Å². The van der Waals surface area contributed by atoms with Crippen molar-refractivity contribution in [3.05, 3.63) is 96.5 Å². The van der Waals surface area contributed by atoms with E-state index in [0.717, 1.165) is 33.9 Å². The normalized spacial score (nSPS) is 10.8. The van der Waals surface area contributed by atoms with Gasteiger partial charge in [0.25, 0.3) is 0 Å². The van der Waals surface area contributed by atoms with E-state index < -0.39 is 0 Å². The second-order valence-electron chi connectivity index (χ2n) is 7.27. The molecule has 0 saturated carbocycles. The minimum Gasteiger partial charge on any atom is -0.325 e. The van der Waals surface area contributed by atoms with Crippen molar-refractivity contribution in [3.8, 4) is 22.6 Å². The molecule has 0 fully saturated rings. The Balaban J connectivity index is 1.31. The Morgan fingerprint density at radius 3 is 2.41 bits per heavy atom. The van der Waals surface area contributed by atoms with Gasteiger partial charge in [-0.3, -0.25) is 5.10 Å². The van der Waals surface area contributed by atoms with Crippen LogP contribution in [0.4, 0.5) is 11.6 Å². The molecule has 0 aliphatic rings. The van der Waals surface area contributed by atoms with Gasteiger partial charge in [0, 0.05) is 36.3 Å². The summed E-state index contributed by atoms with van der Waals surface area (Å²) in [6, 6.07) is 17.7. The first kappa shape index (κ1) is 19.5. The van der Waals surface area contributed by atoms with Gasteiger partial charge in [-0.25, -0.2) is 24.9 Å². The van der Waals surface area contributed by atoms with Crippen LogP contribution in [-0.4, -0.2) is 35.1 Å². The van der Waals surface area contributed by atoms with E-state index in [1.165, 1.54) is 0 Å². The number of nitrogens with one attached hydrogen (secondary N) is 2. The summed E-state index contributed by atoms with van der Waals surface area (Å²) in [5.74, 6) is 2.60. The molecule has 1 aromatic carbocycles. The third-order valence-corrected chi connectivity index (χ3v) is 4.88. The van der Waals surface area contributed by atoms with Gasteiger partial charge < -0.3 is 5.32 Å². The fraction of sp³-hybridized carbons (Fsp3) is 0.0833. The molecular formula is C24H20N8. The lowest BCUT2D eigenvalue weighted by Gasteiger charge is -2.08. The van der Waals surface area contributed by atoms with E-state index in [1.54, 1.807) is 24.7 Å². The number of hydrogen-bond acceptors (Lipinski definition) is 7. The summed E-state index contributed by atoms with van der Waals surface area (Å²) in [6.45, 7) is 1.94. The predicted molar refractivity (Wildman–Crippen MR) is 122 cm³/mol. The number of aromatic nitrogens is 7. The van der Waals surface area contributed by atoms with Gasteiger partial charge in [0.1, 0.15) is 23.2 Å². The fourth-order valence-electron chi connectivity index (χ4n) is 3.31. The van der Waals surface area contributed by atoms with Gasteiger partial charge in [-0.1, -0.05) is 30.3 Å². The number of hydrogen-bond donors (Lipinski definition) is 2. The van der Waals surface area contributed by atoms with Crippen molar-refractivity contribution >= 4 is 11.6 Å². The molecule has 0 unspecified atom stereocenters. The van der Waals surface area contributed by atoms with Crippen molar-refractivity contribution in [3.63, 3.8) is 0 Å². The molecule has 32 heavy (non-hydrogen) atoms. The summed E-state index contributed by atoms with van der Waals surface area (Å²) in [4.78, 5) is 22.5. The Morgan fingerprint density at radius 2 is 1.62 bits per heavy atom. The van der Waals surface area contributed by atoms with Gasteiger partial charge in [-0.2, -0.15) is 5.10 Å². The second-order valence-corrected chi connectivity index (χ2v) is 7.27. The largest absolute Gasteiger partial charge is 0.325 e. The SMILES string of the molecule is Cc1cccc(-c2nccc(Nc3ccnc(Cc4ccc(-c5cn[nH]c5)cc4)n3)n2)n1. The summed E-state index contributed by atoms with van der Waals surface area (Å²) in [6.07, 6.45) is 7.76. The molecule has 0 amide bonds. The molecule has 2 N–H and O–H groups in total. The summed E-state index contributed by atoms with van der Waals surface area (Å²) in [5.41, 5.74) is 4.95. The van der Waals surface area contributed by atoms with E-state index in [1.807, 2.05) is 37.4 Å². The van der Waals surface area contributed by atoms with Crippen LogP contribution < -0.4 is 5.32 Å². The lowest BCUT2D eigenvalue weighted by Crippen LogP contribution is -2.03. The Bertz CT molecular complexity index is 1330. The number of pyridine rings is 1. The van der Waals surface area contributed by atoms with Crippen molar-refractivity contribution in [1.29, 1.82) is 0 Å². The molecule has 0 spiro atoms. The first-order chi connectivity index (χ1) is 15.7. The molecule has 8 nitrogen and oxygen atoms in total. The zero-order valence-corrected chi connectivity index (χ0v) is 17.4. The van der Waals surface area contributed by atoms with Crippen LogP contribution in [0.2, 0.25) is 0 Å². The van der Waals surface area contributed by atoms with E-state index in [-0.39, 0.29) is 0 Å². The molecular weight excluding hydrogens is 400 g/mol. The number of aryl methyl sites for hydroxylation is 1. The van der Waals surface area contributed by atoms with Gasteiger partial charge in [0.05, 0.1) is 6.20 Å². The predicted octanol–water partition coefficient (Wildman–Crippen LogP) is 4.36. The lowest BCUT2D eigenvalue weighted by molar-refractivity contribution is 0.970. The number of benzene rings is 1. The first-order valence-corrected chi connectivity index (χ1v) is 10.2. The topological polar surface area (TPSA) is 105 Å². The van der Waals surface area contributed by atoms with Gasteiger partial charge in [-0.05, 0) is 42.3 Å². The zero-order chi connectivity index (χ0) is 21.8. The molecule has 0 atom stereocenters. The number of rotatable bonds is 6. The van der Waals surface area contributed by atoms with Gasteiger partial charge in [-0.15, -0.1) is 0 Å². The van der Waals surface area contributed by atoms with Crippen LogP contribution >= 0.6 is 0 Å². The van der Waals surface area contributed by atoms with E-state index in [0.29, 0.717) is 23.9 Å². The minimum atomic E-state index is 0.561. The van der Waals surface area contributed by atoms with Crippen molar-refractivity contribution in [2.75, 3.05) is 5.32 Å². The van der Waals surface area contributed by atoms with Gasteiger partial charge in [0.2, 0.25) is 0 Å². The molecule has 0 bridgehead atoms. The first-order valence-electron chi connectivity index (χ1n) is 10.2. The highest BCUT2D eigenvalue weighted by Gasteiger charge is 2.07. The van der Waals surface area contributed by atoms with Crippen LogP contribution in [0.15, 0.2) is 79.4 Å². The molecule has 4 heterocycles. The zero-order valence-electron chi connectivity index (χ0n) is 17.4. The average Bonchev–Trinajstić information content (AvgIpc) is 3.35. The number of H-pyrrole nitrogens is 1. The molecule has 156 valence electrons. The third-order valence-electron chi connectivity index (χ3n) is 4.88. The van der Waals surface area contributed by atoms with Crippen LogP contribution in [0.1, 0.15) is 17.1 Å². The van der Waals surface area contributed by atoms with E-state index in [2.05, 4.69) is 64.7 Å². The lowest BCUT2D eigenvalue weighted by atomic mass is 10.1. The maximum absolute atomic E-state index is 4.64. The Kier molecular flexibility index (Phi) is 5.32. The molecule has 5 aromatic rings. The highest BCUT2D eigenvalue weighted by molar-refractivity contribution is 5.62. The van der Waals surface area contributed by atoms with Crippen molar-refractivity contribution < 1.29 is 0 Å². The highest BCUT2D eigenvalue weighted by Crippen LogP contribution is 2.20. The summed E-state index contributed by atoms with van der Waals surface area (Å²) in [5, 5.41) is 10.1. The average molecular weight is 420 g/mol. The summed E-state index contributed by atoms with van der Waals surface area (Å²) >= 11 is 0. The molecule has 0 aliphatic carbocycles.